The molecule has 0 aromatic rings. The third-order valence-corrected chi connectivity index (χ3v) is 3.24. The summed E-state index contributed by atoms with van der Waals surface area (Å²) in [5.74, 6) is 0. The van der Waals surface area contributed by atoms with Gasteiger partial charge in [0.1, 0.15) is 0 Å². The number of nitrogens with one attached hydrogen (secondary N) is 5. The lowest BCUT2D eigenvalue weighted by atomic mass is 10.1. The summed E-state index contributed by atoms with van der Waals surface area (Å²) in [4.78, 5) is 0. The Bertz CT molecular complexity index is 158. The first kappa shape index (κ1) is 14.9. The molecule has 0 aromatic heterocycles. The first-order chi connectivity index (χ1) is 8.30. The van der Waals surface area contributed by atoms with Gasteiger partial charge in [0.15, 0.2) is 0 Å². The summed E-state index contributed by atoms with van der Waals surface area (Å²) >= 11 is 0. The molecular formula is C12H29N5. The molecule has 17 heavy (non-hydrogen) atoms. The summed E-state index contributed by atoms with van der Waals surface area (Å²) in [5.41, 5.74) is 0. The fraction of sp³-hybridized carbons (Fsp3) is 1.00. The van der Waals surface area contributed by atoms with Crippen LogP contribution >= 0.6 is 0 Å². The Kier molecular flexibility index (Phi) is 8.56. The van der Waals surface area contributed by atoms with Crippen molar-refractivity contribution in [3.8, 4) is 0 Å². The van der Waals surface area contributed by atoms with Gasteiger partial charge in [0.05, 0.1) is 0 Å². The largest absolute Gasteiger partial charge is 0.314 e. The van der Waals surface area contributed by atoms with Gasteiger partial charge in [0.25, 0.3) is 0 Å². The summed E-state index contributed by atoms with van der Waals surface area (Å²) in [5, 5.41) is 17.3. The fourth-order valence-corrected chi connectivity index (χ4v) is 1.86. The van der Waals surface area contributed by atoms with Crippen molar-refractivity contribution in [2.24, 2.45) is 0 Å². The predicted molar refractivity (Wildman–Crippen MR) is 73.5 cm³/mol. The van der Waals surface area contributed by atoms with E-state index in [4.69, 9.17) is 0 Å². The minimum absolute atomic E-state index is 0.514. The van der Waals surface area contributed by atoms with Gasteiger partial charge in [-0.25, -0.2) is 0 Å². The van der Waals surface area contributed by atoms with Gasteiger partial charge in [0.2, 0.25) is 0 Å². The topological polar surface area (TPSA) is 60.1 Å². The third-order valence-electron chi connectivity index (χ3n) is 3.24. The molecule has 2 atom stereocenters. The zero-order chi connectivity index (χ0) is 12.3. The van der Waals surface area contributed by atoms with E-state index in [-0.39, 0.29) is 0 Å². The van der Waals surface area contributed by atoms with E-state index < -0.39 is 0 Å². The van der Waals surface area contributed by atoms with Gasteiger partial charge >= 0.3 is 0 Å². The average Bonchev–Trinajstić information content (AvgIpc) is 2.34. The van der Waals surface area contributed by atoms with Crippen molar-refractivity contribution < 1.29 is 0 Å². The number of rotatable bonds is 0. The zero-order valence-electron chi connectivity index (χ0n) is 11.3. The van der Waals surface area contributed by atoms with Crippen molar-refractivity contribution in [3.05, 3.63) is 0 Å². The van der Waals surface area contributed by atoms with Crippen molar-refractivity contribution >= 4 is 0 Å². The Balaban J connectivity index is 2.21. The van der Waals surface area contributed by atoms with Crippen molar-refractivity contribution in [3.63, 3.8) is 0 Å². The second-order valence-electron chi connectivity index (χ2n) is 4.74. The van der Waals surface area contributed by atoms with E-state index >= 15 is 0 Å². The molecular weight excluding hydrogens is 214 g/mol. The number of hydrogen-bond donors (Lipinski definition) is 5. The smallest absolute Gasteiger partial charge is 0.0190 e. The Morgan fingerprint density at radius 3 is 1.18 bits per heavy atom. The van der Waals surface area contributed by atoms with Gasteiger partial charge in [-0.3, -0.25) is 0 Å². The molecule has 0 aliphatic carbocycles. The normalized spacial score (nSPS) is 31.4. The SMILES string of the molecule is C[C@H]1NCCNCCNCCNCCN[C@@H]1C. The summed E-state index contributed by atoms with van der Waals surface area (Å²) in [6.07, 6.45) is 0. The van der Waals surface area contributed by atoms with E-state index in [1.165, 1.54) is 0 Å². The van der Waals surface area contributed by atoms with Crippen molar-refractivity contribution in [1.82, 2.24) is 26.6 Å². The average molecular weight is 243 g/mol. The molecule has 1 rings (SSSR count). The standard InChI is InChI=1S/C12H29N5/c1-11-12(2)17-10-8-15-6-4-13-3-5-14-7-9-16-11/h11-17H,3-10H2,1-2H3/t11-,12-/m1/s1. The Morgan fingerprint density at radius 1 is 0.529 bits per heavy atom. The third kappa shape index (κ3) is 7.68. The summed E-state index contributed by atoms with van der Waals surface area (Å²) < 4.78 is 0. The Labute approximate surface area is 105 Å². The molecule has 1 heterocycles. The minimum atomic E-state index is 0.514. The summed E-state index contributed by atoms with van der Waals surface area (Å²) in [6.45, 7) is 12.8. The highest BCUT2D eigenvalue weighted by Crippen LogP contribution is 1.90. The molecule has 0 aromatic carbocycles. The molecule has 0 unspecified atom stereocenters. The molecule has 0 bridgehead atoms. The molecule has 1 saturated heterocycles. The van der Waals surface area contributed by atoms with Crippen LogP contribution in [-0.4, -0.2) is 64.4 Å². The maximum Gasteiger partial charge on any atom is 0.0190 e. The van der Waals surface area contributed by atoms with E-state index in [0.29, 0.717) is 12.1 Å². The second-order valence-corrected chi connectivity index (χ2v) is 4.74. The molecule has 102 valence electrons. The van der Waals surface area contributed by atoms with Gasteiger partial charge in [0, 0.05) is 64.4 Å². The van der Waals surface area contributed by atoms with E-state index in [9.17, 15) is 0 Å². The maximum absolute atomic E-state index is 3.54. The summed E-state index contributed by atoms with van der Waals surface area (Å²) in [6, 6.07) is 1.03. The minimum Gasteiger partial charge on any atom is -0.314 e. The quantitative estimate of drug-likeness (QED) is 0.367. The van der Waals surface area contributed by atoms with E-state index in [1.54, 1.807) is 0 Å². The molecule has 1 aliphatic rings. The van der Waals surface area contributed by atoms with Gasteiger partial charge in [-0.15, -0.1) is 0 Å². The van der Waals surface area contributed by atoms with E-state index in [1.807, 2.05) is 0 Å². The highest BCUT2D eigenvalue weighted by molar-refractivity contribution is 4.75. The van der Waals surface area contributed by atoms with Crippen LogP contribution in [0.25, 0.3) is 0 Å². The van der Waals surface area contributed by atoms with Crippen LogP contribution in [-0.2, 0) is 0 Å². The molecule has 1 aliphatic heterocycles. The van der Waals surface area contributed by atoms with Crippen LogP contribution < -0.4 is 26.6 Å². The molecule has 5 nitrogen and oxygen atoms in total. The van der Waals surface area contributed by atoms with Gasteiger partial charge < -0.3 is 26.6 Å². The molecule has 5 heteroatoms. The van der Waals surface area contributed by atoms with Crippen LogP contribution in [0, 0.1) is 0 Å². The lowest BCUT2D eigenvalue weighted by Gasteiger charge is -2.22. The molecule has 1 fully saturated rings. The van der Waals surface area contributed by atoms with Crippen LogP contribution in [0.2, 0.25) is 0 Å². The highest BCUT2D eigenvalue weighted by atomic mass is 15.1. The second kappa shape index (κ2) is 9.79. The monoisotopic (exact) mass is 243 g/mol. The van der Waals surface area contributed by atoms with Crippen LogP contribution in [0.5, 0.6) is 0 Å². The molecule has 0 amide bonds. The molecule has 0 spiro atoms. The van der Waals surface area contributed by atoms with Gasteiger partial charge in [-0.1, -0.05) is 0 Å². The Hall–Kier alpha value is -0.200. The predicted octanol–water partition coefficient (Wildman–Crippen LogP) is -1.27. The van der Waals surface area contributed by atoms with Gasteiger partial charge in [-0.2, -0.15) is 0 Å². The van der Waals surface area contributed by atoms with Crippen LogP contribution in [0.1, 0.15) is 13.8 Å². The maximum atomic E-state index is 3.54. The molecule has 0 saturated carbocycles. The van der Waals surface area contributed by atoms with Gasteiger partial charge in [-0.05, 0) is 13.8 Å². The van der Waals surface area contributed by atoms with E-state index in [2.05, 4.69) is 40.4 Å². The Morgan fingerprint density at radius 2 is 0.824 bits per heavy atom. The van der Waals surface area contributed by atoms with Crippen LogP contribution in [0.15, 0.2) is 0 Å². The lowest BCUT2D eigenvalue weighted by molar-refractivity contribution is 0.407. The van der Waals surface area contributed by atoms with Crippen LogP contribution in [0.4, 0.5) is 0 Å². The fourth-order valence-electron chi connectivity index (χ4n) is 1.86. The van der Waals surface area contributed by atoms with Crippen molar-refractivity contribution in [2.75, 3.05) is 52.4 Å². The molecule has 0 radical (unpaired) electrons. The van der Waals surface area contributed by atoms with Crippen molar-refractivity contribution in [1.29, 1.82) is 0 Å². The zero-order valence-corrected chi connectivity index (χ0v) is 11.3. The van der Waals surface area contributed by atoms with Crippen LogP contribution in [0.3, 0.4) is 0 Å². The number of hydrogen-bond acceptors (Lipinski definition) is 5. The highest BCUT2D eigenvalue weighted by Gasteiger charge is 2.09. The summed E-state index contributed by atoms with van der Waals surface area (Å²) in [7, 11) is 0. The van der Waals surface area contributed by atoms with Crippen molar-refractivity contribution in [2.45, 2.75) is 25.9 Å². The first-order valence-corrected chi connectivity index (χ1v) is 6.89. The van der Waals surface area contributed by atoms with E-state index in [0.717, 1.165) is 52.4 Å². The molecule has 5 N–H and O–H groups in total. The lowest BCUT2D eigenvalue weighted by Crippen LogP contribution is -2.47. The first-order valence-electron chi connectivity index (χ1n) is 6.89.